The molecule has 0 aliphatic heterocycles. The Balaban J connectivity index is 1.79. The third kappa shape index (κ3) is 3.67. The molecular weight excluding hydrogens is 417 g/mol. The van der Waals surface area contributed by atoms with E-state index in [1.165, 1.54) is 4.52 Å². The third-order valence-electron chi connectivity index (χ3n) is 6.21. The minimum Gasteiger partial charge on any atom is -0.283 e. The molecule has 4 aromatic rings. The quantitative estimate of drug-likeness (QED) is 0.420. The Morgan fingerprint density at radius 2 is 1.69 bits per heavy atom. The molecule has 1 aromatic carbocycles. The van der Waals surface area contributed by atoms with E-state index in [1.54, 1.807) is 18.2 Å². The Morgan fingerprint density at radius 1 is 1.00 bits per heavy atom. The van der Waals surface area contributed by atoms with Crippen molar-refractivity contribution < 1.29 is 13.2 Å². The van der Waals surface area contributed by atoms with Crippen LogP contribution in [0.5, 0.6) is 0 Å². The molecule has 0 unspecified atom stereocenters. The summed E-state index contributed by atoms with van der Waals surface area (Å²) in [5, 5.41) is 4.92. The van der Waals surface area contributed by atoms with Gasteiger partial charge in [0.2, 0.25) is 0 Å². The first-order valence-electron chi connectivity index (χ1n) is 10.8. The first-order chi connectivity index (χ1) is 15.2. The maximum absolute atomic E-state index is 13.3. The van der Waals surface area contributed by atoms with Gasteiger partial charge in [-0.3, -0.25) is 14.3 Å². The van der Waals surface area contributed by atoms with E-state index >= 15 is 0 Å². The predicted molar refractivity (Wildman–Crippen MR) is 117 cm³/mol. The number of pyridine rings is 1. The topological polar surface area (TPSA) is 52.2 Å². The molecule has 5 rings (SSSR count). The lowest BCUT2D eigenvalue weighted by Gasteiger charge is -2.14. The van der Waals surface area contributed by atoms with Crippen LogP contribution >= 0.6 is 0 Å². The molecular formula is C24H23F3N4O. The molecule has 0 radical (unpaired) electrons. The molecule has 1 aliphatic rings. The average molecular weight is 440 g/mol. The lowest BCUT2D eigenvalue weighted by Crippen LogP contribution is -2.29. The number of benzene rings is 1. The van der Waals surface area contributed by atoms with Gasteiger partial charge < -0.3 is 0 Å². The number of halogens is 3. The Morgan fingerprint density at radius 3 is 2.34 bits per heavy atom. The highest BCUT2D eigenvalue weighted by Gasteiger charge is 2.31. The monoisotopic (exact) mass is 440 g/mol. The molecule has 3 aromatic heterocycles. The van der Waals surface area contributed by atoms with Gasteiger partial charge in [0.15, 0.2) is 0 Å². The van der Waals surface area contributed by atoms with Crippen LogP contribution in [-0.2, 0) is 6.54 Å². The van der Waals surface area contributed by atoms with Crippen molar-refractivity contribution in [2.24, 2.45) is 0 Å². The molecule has 0 atom stereocenters. The molecule has 0 bridgehead atoms. The zero-order chi connectivity index (χ0) is 22.6. The van der Waals surface area contributed by atoms with Crippen molar-refractivity contribution in [3.63, 3.8) is 0 Å². The van der Waals surface area contributed by atoms with Crippen molar-refractivity contribution >= 4 is 16.6 Å². The number of nitrogens with zero attached hydrogens (tertiary/aromatic N) is 4. The van der Waals surface area contributed by atoms with Crippen LogP contribution in [0.2, 0.25) is 0 Å². The van der Waals surface area contributed by atoms with Gasteiger partial charge in [0.1, 0.15) is 12.2 Å². The normalized spacial score (nSPS) is 15.3. The van der Waals surface area contributed by atoms with Crippen LogP contribution in [0.4, 0.5) is 13.2 Å². The van der Waals surface area contributed by atoms with Crippen molar-refractivity contribution in [1.82, 2.24) is 19.2 Å². The number of aryl methyl sites for hydroxylation is 2. The molecule has 166 valence electrons. The van der Waals surface area contributed by atoms with Crippen molar-refractivity contribution in [3.8, 4) is 11.1 Å². The predicted octanol–water partition coefficient (Wildman–Crippen LogP) is 5.55. The van der Waals surface area contributed by atoms with Crippen LogP contribution in [0.3, 0.4) is 0 Å². The lowest BCUT2D eigenvalue weighted by atomic mass is 10.0. The van der Waals surface area contributed by atoms with E-state index in [0.717, 1.165) is 58.5 Å². The Hall–Kier alpha value is -3.16. The van der Waals surface area contributed by atoms with E-state index in [2.05, 4.69) is 4.98 Å². The number of alkyl halides is 3. The van der Waals surface area contributed by atoms with Crippen LogP contribution < -0.4 is 5.56 Å². The lowest BCUT2D eigenvalue weighted by molar-refractivity contribution is -0.140. The summed E-state index contributed by atoms with van der Waals surface area (Å²) < 4.78 is 42.3. The fourth-order valence-electron chi connectivity index (χ4n) is 4.83. The second-order valence-corrected chi connectivity index (χ2v) is 8.70. The molecule has 5 nitrogen and oxygen atoms in total. The van der Waals surface area contributed by atoms with Gasteiger partial charge in [0, 0.05) is 23.4 Å². The minimum atomic E-state index is -4.51. The summed E-state index contributed by atoms with van der Waals surface area (Å²) in [6.07, 6.45) is -0.417. The van der Waals surface area contributed by atoms with Gasteiger partial charge in [-0.15, -0.1) is 0 Å². The van der Waals surface area contributed by atoms with Gasteiger partial charge in [-0.1, -0.05) is 18.9 Å². The molecule has 1 fully saturated rings. The second kappa shape index (κ2) is 7.46. The van der Waals surface area contributed by atoms with E-state index in [9.17, 15) is 18.0 Å². The molecule has 1 saturated carbocycles. The van der Waals surface area contributed by atoms with Crippen LogP contribution in [0.25, 0.3) is 27.7 Å². The van der Waals surface area contributed by atoms with Gasteiger partial charge in [-0.2, -0.15) is 18.3 Å². The van der Waals surface area contributed by atoms with Crippen LogP contribution in [-0.4, -0.2) is 25.3 Å². The summed E-state index contributed by atoms with van der Waals surface area (Å²) in [5.41, 5.74) is 4.33. The number of aromatic nitrogens is 4. The molecule has 8 heteroatoms. The average Bonchev–Trinajstić information content (AvgIpc) is 3.39. The fourth-order valence-corrected chi connectivity index (χ4v) is 4.83. The standard InChI is InChI=1S/C24H23F3N4O/c1-14-9-18(10-15(2)28-14)17-7-8-19-21(11-17)31-22(30(23(19)32)13-24(25,26)27)12-20(29-31)16-5-3-4-6-16/h7-12,16H,3-6,13H2,1-2H3. The van der Waals surface area contributed by atoms with Crippen LogP contribution in [0.1, 0.15) is 48.7 Å². The Labute approximate surface area is 182 Å². The molecule has 0 N–H and O–H groups in total. The summed E-state index contributed by atoms with van der Waals surface area (Å²) in [6.45, 7) is 2.48. The van der Waals surface area contributed by atoms with Crippen molar-refractivity contribution in [2.45, 2.75) is 58.2 Å². The van der Waals surface area contributed by atoms with Crippen molar-refractivity contribution in [2.75, 3.05) is 0 Å². The first-order valence-corrected chi connectivity index (χ1v) is 10.8. The largest absolute Gasteiger partial charge is 0.406 e. The van der Waals surface area contributed by atoms with E-state index in [1.807, 2.05) is 32.0 Å². The van der Waals surface area contributed by atoms with Gasteiger partial charge in [-0.05, 0) is 62.1 Å². The second-order valence-electron chi connectivity index (χ2n) is 8.70. The van der Waals surface area contributed by atoms with E-state index in [-0.39, 0.29) is 17.0 Å². The minimum absolute atomic E-state index is 0.181. The Kier molecular flexibility index (Phi) is 4.83. The van der Waals surface area contributed by atoms with Gasteiger partial charge in [-0.25, -0.2) is 4.52 Å². The zero-order valence-corrected chi connectivity index (χ0v) is 17.9. The van der Waals surface area contributed by atoms with Crippen LogP contribution in [0, 0.1) is 13.8 Å². The number of hydrogen-bond donors (Lipinski definition) is 0. The van der Waals surface area contributed by atoms with Gasteiger partial charge in [0.05, 0.1) is 16.6 Å². The number of fused-ring (bicyclic) bond motifs is 3. The fraction of sp³-hybridized carbons (Fsp3) is 0.375. The first kappa shape index (κ1) is 20.7. The Bertz CT molecular complexity index is 1370. The van der Waals surface area contributed by atoms with Crippen LogP contribution in [0.15, 0.2) is 41.2 Å². The molecule has 0 spiro atoms. The highest BCUT2D eigenvalue weighted by Crippen LogP contribution is 2.34. The molecule has 0 saturated heterocycles. The van der Waals surface area contributed by atoms with Gasteiger partial charge in [0.25, 0.3) is 5.56 Å². The van der Waals surface area contributed by atoms with Crippen molar-refractivity contribution in [1.29, 1.82) is 0 Å². The highest BCUT2D eigenvalue weighted by molar-refractivity contribution is 5.85. The maximum atomic E-state index is 13.3. The SMILES string of the molecule is Cc1cc(-c2ccc3c(=O)n(CC(F)(F)F)c4cc(C5CCCC5)nn4c3c2)cc(C)n1. The van der Waals surface area contributed by atoms with E-state index in [4.69, 9.17) is 5.10 Å². The molecule has 3 heterocycles. The summed E-state index contributed by atoms with van der Waals surface area (Å²) in [7, 11) is 0. The summed E-state index contributed by atoms with van der Waals surface area (Å²) in [5.74, 6) is 0.216. The van der Waals surface area contributed by atoms with E-state index in [0.29, 0.717) is 5.52 Å². The zero-order valence-electron chi connectivity index (χ0n) is 17.9. The summed E-state index contributed by atoms with van der Waals surface area (Å²) in [4.78, 5) is 17.5. The highest BCUT2D eigenvalue weighted by atomic mass is 19.4. The summed E-state index contributed by atoms with van der Waals surface area (Å²) in [6, 6.07) is 10.8. The van der Waals surface area contributed by atoms with Crippen molar-refractivity contribution in [3.05, 3.63) is 63.8 Å². The smallest absolute Gasteiger partial charge is 0.283 e. The molecule has 32 heavy (non-hydrogen) atoms. The van der Waals surface area contributed by atoms with E-state index < -0.39 is 18.3 Å². The van der Waals surface area contributed by atoms with Gasteiger partial charge >= 0.3 is 6.18 Å². The number of hydrogen-bond acceptors (Lipinski definition) is 3. The molecule has 0 amide bonds. The molecule has 1 aliphatic carbocycles. The maximum Gasteiger partial charge on any atom is 0.406 e. The third-order valence-corrected chi connectivity index (χ3v) is 6.21. The summed E-state index contributed by atoms with van der Waals surface area (Å²) >= 11 is 0. The number of rotatable bonds is 3.